The van der Waals surface area contributed by atoms with Crippen molar-refractivity contribution >= 4 is 40.5 Å². The molecule has 0 bridgehead atoms. The van der Waals surface area contributed by atoms with Crippen LogP contribution in [0.3, 0.4) is 0 Å². The summed E-state index contributed by atoms with van der Waals surface area (Å²) in [4.78, 5) is 12.1. The van der Waals surface area contributed by atoms with Crippen LogP contribution in [0.25, 0.3) is 0 Å². The minimum atomic E-state index is -0.279. The average Bonchev–Trinajstić information content (AvgIpc) is 2.74. The van der Waals surface area contributed by atoms with E-state index < -0.39 is 0 Å². The molecule has 0 spiro atoms. The summed E-state index contributed by atoms with van der Waals surface area (Å²) in [6.07, 6.45) is 0. The number of nitrogens with one attached hydrogen (secondary N) is 2. The third-order valence-corrected chi connectivity index (χ3v) is 5.10. The number of methoxy groups -OCH3 is 1. The van der Waals surface area contributed by atoms with Crippen molar-refractivity contribution in [2.75, 3.05) is 24.4 Å². The van der Waals surface area contributed by atoms with Crippen molar-refractivity contribution in [3.05, 3.63) is 81.8 Å². The number of aryl methyl sites for hydroxylation is 1. The Bertz CT molecular complexity index is 1020. The first-order valence-corrected chi connectivity index (χ1v) is 10.1. The van der Waals surface area contributed by atoms with E-state index in [-0.39, 0.29) is 12.5 Å². The average molecular weight is 445 g/mol. The maximum absolute atomic E-state index is 12.1. The zero-order valence-corrected chi connectivity index (χ0v) is 18.2. The van der Waals surface area contributed by atoms with Crippen molar-refractivity contribution < 1.29 is 14.3 Å². The van der Waals surface area contributed by atoms with E-state index in [1.54, 1.807) is 43.5 Å². The van der Waals surface area contributed by atoms with Crippen LogP contribution < -0.4 is 20.1 Å². The third kappa shape index (κ3) is 6.05. The molecule has 0 atom stereocenters. The smallest absolute Gasteiger partial charge is 0.262 e. The molecule has 0 aliphatic carbocycles. The Kier molecular flexibility index (Phi) is 7.44. The summed E-state index contributed by atoms with van der Waals surface area (Å²) in [5.41, 5.74) is 3.60. The molecule has 0 aliphatic heterocycles. The molecule has 3 aromatic rings. The first kappa shape index (κ1) is 21.8. The second kappa shape index (κ2) is 10.2. The fraction of sp³-hybridized carbons (Fsp3) is 0.174. The molecule has 0 fully saturated rings. The summed E-state index contributed by atoms with van der Waals surface area (Å²) in [6, 6.07) is 18.3. The number of hydrogen-bond acceptors (Lipinski definition) is 4. The van der Waals surface area contributed by atoms with Crippen LogP contribution in [0.1, 0.15) is 11.1 Å². The molecule has 0 saturated carbocycles. The first-order valence-electron chi connectivity index (χ1n) is 9.30. The fourth-order valence-corrected chi connectivity index (χ4v) is 3.13. The number of halogens is 2. The molecule has 0 aromatic heterocycles. The molecule has 0 unspecified atom stereocenters. The molecule has 2 N–H and O–H groups in total. The van der Waals surface area contributed by atoms with Gasteiger partial charge in [0.05, 0.1) is 12.1 Å². The number of hydrogen-bond donors (Lipinski definition) is 2. The monoisotopic (exact) mass is 444 g/mol. The molecular weight excluding hydrogens is 423 g/mol. The first-order chi connectivity index (χ1) is 14.4. The van der Waals surface area contributed by atoms with Gasteiger partial charge in [-0.25, -0.2) is 0 Å². The highest BCUT2D eigenvalue weighted by molar-refractivity contribution is 6.32. The Hall–Kier alpha value is -2.89. The van der Waals surface area contributed by atoms with Crippen molar-refractivity contribution in [2.24, 2.45) is 0 Å². The quantitative estimate of drug-likeness (QED) is 0.451. The number of ether oxygens (including phenoxy) is 2. The Labute approximate surface area is 185 Å². The molecule has 1 amide bonds. The summed E-state index contributed by atoms with van der Waals surface area (Å²) in [5, 5.41) is 7.22. The lowest BCUT2D eigenvalue weighted by molar-refractivity contribution is -0.118. The number of carbonyl (C=O) groups is 1. The Morgan fingerprint density at radius 1 is 0.933 bits per heavy atom. The maximum atomic E-state index is 12.1. The molecule has 0 aliphatic rings. The zero-order valence-electron chi connectivity index (χ0n) is 16.7. The van der Waals surface area contributed by atoms with Crippen molar-refractivity contribution in [1.29, 1.82) is 0 Å². The SMILES string of the molecule is COc1ccc(NC(=O)COc2ccc(CNc3ccc(C)c(Cl)c3)cc2Cl)cc1. The Morgan fingerprint density at radius 2 is 1.67 bits per heavy atom. The largest absolute Gasteiger partial charge is 0.497 e. The lowest BCUT2D eigenvalue weighted by Crippen LogP contribution is -2.20. The van der Waals surface area contributed by atoms with Gasteiger partial charge in [-0.1, -0.05) is 35.3 Å². The van der Waals surface area contributed by atoms with Crippen LogP contribution in [-0.4, -0.2) is 19.6 Å². The van der Waals surface area contributed by atoms with Gasteiger partial charge < -0.3 is 20.1 Å². The standard InChI is InChI=1S/C23H22Cl2N2O3/c1-15-3-5-18(12-20(15)24)26-13-16-4-10-22(21(25)11-16)30-14-23(28)27-17-6-8-19(29-2)9-7-17/h3-12,26H,13-14H2,1-2H3,(H,27,28). The predicted octanol–water partition coefficient (Wildman–Crippen LogP) is 5.94. The molecule has 156 valence electrons. The van der Waals surface area contributed by atoms with Gasteiger partial charge >= 0.3 is 0 Å². The summed E-state index contributed by atoms with van der Waals surface area (Å²) in [6.45, 7) is 2.39. The topological polar surface area (TPSA) is 59.6 Å². The van der Waals surface area contributed by atoms with E-state index in [9.17, 15) is 4.79 Å². The number of anilines is 2. The molecule has 0 radical (unpaired) electrons. The second-order valence-electron chi connectivity index (χ2n) is 6.65. The molecule has 0 saturated heterocycles. The second-order valence-corrected chi connectivity index (χ2v) is 7.46. The summed E-state index contributed by atoms with van der Waals surface area (Å²) < 4.78 is 10.6. The van der Waals surface area contributed by atoms with Crippen molar-refractivity contribution in [3.8, 4) is 11.5 Å². The van der Waals surface area contributed by atoms with Crippen molar-refractivity contribution in [1.82, 2.24) is 0 Å². The highest BCUT2D eigenvalue weighted by Crippen LogP contribution is 2.26. The van der Waals surface area contributed by atoms with Crippen LogP contribution in [0.5, 0.6) is 11.5 Å². The van der Waals surface area contributed by atoms with Gasteiger partial charge in [-0.05, 0) is 66.6 Å². The normalized spacial score (nSPS) is 10.4. The highest BCUT2D eigenvalue weighted by atomic mass is 35.5. The molecular formula is C23H22Cl2N2O3. The van der Waals surface area contributed by atoms with Gasteiger partial charge in [0, 0.05) is 22.9 Å². The third-order valence-electron chi connectivity index (χ3n) is 4.40. The molecule has 3 aromatic carbocycles. The van der Waals surface area contributed by atoms with Gasteiger partial charge in [0.15, 0.2) is 6.61 Å². The van der Waals surface area contributed by atoms with E-state index in [1.165, 1.54) is 0 Å². The summed E-state index contributed by atoms with van der Waals surface area (Å²) in [7, 11) is 1.59. The number of benzene rings is 3. The van der Waals surface area contributed by atoms with Gasteiger partial charge in [0.1, 0.15) is 11.5 Å². The van der Waals surface area contributed by atoms with Crippen LogP contribution in [0, 0.1) is 6.92 Å². The van der Waals surface area contributed by atoms with Crippen LogP contribution in [-0.2, 0) is 11.3 Å². The van der Waals surface area contributed by atoms with E-state index in [1.807, 2.05) is 31.2 Å². The summed E-state index contributed by atoms with van der Waals surface area (Å²) >= 11 is 12.5. The molecule has 3 rings (SSSR count). The van der Waals surface area contributed by atoms with E-state index in [4.69, 9.17) is 32.7 Å². The summed E-state index contributed by atoms with van der Waals surface area (Å²) in [5.74, 6) is 0.887. The van der Waals surface area contributed by atoms with E-state index in [2.05, 4.69) is 10.6 Å². The van der Waals surface area contributed by atoms with Crippen LogP contribution >= 0.6 is 23.2 Å². The number of carbonyl (C=O) groups excluding carboxylic acids is 1. The predicted molar refractivity (Wildman–Crippen MR) is 122 cm³/mol. The minimum absolute atomic E-state index is 0.148. The van der Waals surface area contributed by atoms with E-state index in [0.29, 0.717) is 23.0 Å². The van der Waals surface area contributed by atoms with E-state index >= 15 is 0 Å². The van der Waals surface area contributed by atoms with Crippen molar-refractivity contribution in [3.63, 3.8) is 0 Å². The number of rotatable bonds is 8. The molecule has 0 heterocycles. The Balaban J connectivity index is 1.51. The molecule has 30 heavy (non-hydrogen) atoms. The van der Waals surface area contributed by atoms with Gasteiger partial charge in [-0.15, -0.1) is 0 Å². The minimum Gasteiger partial charge on any atom is -0.497 e. The fourth-order valence-electron chi connectivity index (χ4n) is 2.69. The van der Waals surface area contributed by atoms with Crippen LogP contribution in [0.2, 0.25) is 10.0 Å². The van der Waals surface area contributed by atoms with Crippen LogP contribution in [0.15, 0.2) is 60.7 Å². The van der Waals surface area contributed by atoms with Gasteiger partial charge in [-0.3, -0.25) is 4.79 Å². The maximum Gasteiger partial charge on any atom is 0.262 e. The lowest BCUT2D eigenvalue weighted by Gasteiger charge is -2.12. The highest BCUT2D eigenvalue weighted by Gasteiger charge is 2.08. The van der Waals surface area contributed by atoms with Crippen LogP contribution in [0.4, 0.5) is 11.4 Å². The van der Waals surface area contributed by atoms with Gasteiger partial charge in [0.25, 0.3) is 5.91 Å². The van der Waals surface area contributed by atoms with Crippen molar-refractivity contribution in [2.45, 2.75) is 13.5 Å². The van der Waals surface area contributed by atoms with Gasteiger partial charge in [-0.2, -0.15) is 0 Å². The lowest BCUT2D eigenvalue weighted by atomic mass is 10.2. The zero-order chi connectivity index (χ0) is 21.5. The number of amides is 1. The van der Waals surface area contributed by atoms with Gasteiger partial charge in [0.2, 0.25) is 0 Å². The molecule has 7 heteroatoms. The Morgan fingerprint density at radius 3 is 2.33 bits per heavy atom. The molecule has 5 nitrogen and oxygen atoms in total. The van der Waals surface area contributed by atoms with E-state index in [0.717, 1.165) is 27.6 Å².